The fraction of sp³-hybridized carbons (Fsp3) is 0.643. The number of aromatic nitrogens is 1. The summed E-state index contributed by atoms with van der Waals surface area (Å²) >= 11 is 0. The van der Waals surface area contributed by atoms with Crippen molar-refractivity contribution in [1.29, 1.82) is 0 Å². The molecule has 0 unspecified atom stereocenters. The zero-order chi connectivity index (χ0) is 15.9. The predicted octanol–water partition coefficient (Wildman–Crippen LogP) is 0.659. The number of anilines is 1. The largest absolute Gasteiger partial charge is 0.360 e. The molecule has 2 rings (SSSR count). The lowest BCUT2D eigenvalue weighted by molar-refractivity contribution is -0.122. The van der Waals surface area contributed by atoms with Gasteiger partial charge in [-0.15, -0.1) is 0 Å². The Morgan fingerprint density at radius 2 is 2.05 bits per heavy atom. The first-order valence-corrected chi connectivity index (χ1v) is 7.56. The van der Waals surface area contributed by atoms with Crippen LogP contribution >= 0.6 is 0 Å². The van der Waals surface area contributed by atoms with Gasteiger partial charge in [0, 0.05) is 38.8 Å². The minimum atomic E-state index is -0.191. The average molecular weight is 309 g/mol. The van der Waals surface area contributed by atoms with Crippen LogP contribution in [-0.2, 0) is 4.79 Å². The molecule has 0 radical (unpaired) electrons. The van der Waals surface area contributed by atoms with Gasteiger partial charge in [-0.3, -0.25) is 15.0 Å². The molecule has 0 saturated carbocycles. The molecule has 0 bridgehead atoms. The van der Waals surface area contributed by atoms with Crippen LogP contribution in [0, 0.1) is 6.92 Å². The number of carbonyl (C=O) groups excluding carboxylic acids is 2. The smallest absolute Gasteiger partial charge is 0.323 e. The fourth-order valence-corrected chi connectivity index (χ4v) is 2.25. The molecule has 1 fully saturated rings. The van der Waals surface area contributed by atoms with E-state index in [0.717, 1.165) is 6.42 Å². The third kappa shape index (κ3) is 4.73. The van der Waals surface area contributed by atoms with E-state index in [1.165, 1.54) is 0 Å². The maximum Gasteiger partial charge on any atom is 0.323 e. The van der Waals surface area contributed by atoms with E-state index in [-0.39, 0.29) is 11.9 Å². The van der Waals surface area contributed by atoms with Crippen LogP contribution in [0.1, 0.15) is 19.1 Å². The zero-order valence-corrected chi connectivity index (χ0v) is 13.1. The highest BCUT2D eigenvalue weighted by molar-refractivity contribution is 5.88. The van der Waals surface area contributed by atoms with Gasteiger partial charge < -0.3 is 14.7 Å². The maximum absolute atomic E-state index is 12.1. The van der Waals surface area contributed by atoms with Gasteiger partial charge in [0.1, 0.15) is 5.76 Å². The van der Waals surface area contributed by atoms with Crippen molar-refractivity contribution in [1.82, 2.24) is 20.3 Å². The van der Waals surface area contributed by atoms with Gasteiger partial charge in [-0.05, 0) is 13.3 Å². The van der Waals surface area contributed by atoms with Crippen molar-refractivity contribution in [2.75, 3.05) is 44.6 Å². The Morgan fingerprint density at radius 3 is 2.64 bits per heavy atom. The predicted molar refractivity (Wildman–Crippen MR) is 81.6 cm³/mol. The Bertz CT molecular complexity index is 508. The van der Waals surface area contributed by atoms with Crippen molar-refractivity contribution < 1.29 is 14.1 Å². The minimum absolute atomic E-state index is 0.0397. The van der Waals surface area contributed by atoms with E-state index in [1.807, 2.05) is 6.92 Å². The first kappa shape index (κ1) is 16.3. The summed E-state index contributed by atoms with van der Waals surface area (Å²) in [5.41, 5.74) is 0. The summed E-state index contributed by atoms with van der Waals surface area (Å²) in [4.78, 5) is 27.5. The highest BCUT2D eigenvalue weighted by Crippen LogP contribution is 2.09. The van der Waals surface area contributed by atoms with Gasteiger partial charge in [-0.25, -0.2) is 4.79 Å². The van der Waals surface area contributed by atoms with Gasteiger partial charge >= 0.3 is 6.03 Å². The Balaban J connectivity index is 1.72. The van der Waals surface area contributed by atoms with Crippen LogP contribution in [0.25, 0.3) is 0 Å². The quantitative estimate of drug-likeness (QED) is 0.834. The Kier molecular flexibility index (Phi) is 5.76. The topological polar surface area (TPSA) is 90.7 Å². The average Bonchev–Trinajstić information content (AvgIpc) is 2.91. The second kappa shape index (κ2) is 7.79. The van der Waals surface area contributed by atoms with Crippen molar-refractivity contribution in [3.05, 3.63) is 11.8 Å². The molecule has 122 valence electrons. The summed E-state index contributed by atoms with van der Waals surface area (Å²) in [5.74, 6) is 1.11. The number of nitrogens with one attached hydrogen (secondary N) is 2. The number of rotatable bonds is 5. The molecule has 0 aromatic carbocycles. The van der Waals surface area contributed by atoms with Crippen LogP contribution in [-0.4, -0.2) is 66.2 Å². The zero-order valence-electron chi connectivity index (χ0n) is 13.1. The highest BCUT2D eigenvalue weighted by Gasteiger charge is 2.22. The number of nitrogens with zero attached hydrogens (tertiary/aromatic N) is 3. The molecule has 8 heteroatoms. The second-order valence-corrected chi connectivity index (χ2v) is 5.37. The van der Waals surface area contributed by atoms with Crippen LogP contribution in [0.15, 0.2) is 10.6 Å². The number of amides is 3. The van der Waals surface area contributed by atoms with Crippen LogP contribution in [0.3, 0.4) is 0 Å². The van der Waals surface area contributed by atoms with Crippen LogP contribution in [0.4, 0.5) is 10.6 Å². The molecule has 8 nitrogen and oxygen atoms in total. The lowest BCUT2D eigenvalue weighted by Gasteiger charge is -2.34. The summed E-state index contributed by atoms with van der Waals surface area (Å²) in [6.07, 6.45) is 0.932. The third-order valence-corrected chi connectivity index (χ3v) is 3.46. The van der Waals surface area contributed by atoms with Gasteiger partial charge in [-0.2, -0.15) is 0 Å². The third-order valence-electron chi connectivity index (χ3n) is 3.46. The van der Waals surface area contributed by atoms with E-state index in [4.69, 9.17) is 4.52 Å². The molecule has 0 aliphatic carbocycles. The Morgan fingerprint density at radius 1 is 1.32 bits per heavy atom. The van der Waals surface area contributed by atoms with Crippen molar-refractivity contribution in [3.63, 3.8) is 0 Å². The van der Waals surface area contributed by atoms with Gasteiger partial charge in [0.05, 0.1) is 6.54 Å². The Labute approximate surface area is 129 Å². The highest BCUT2D eigenvalue weighted by atomic mass is 16.5. The van der Waals surface area contributed by atoms with E-state index in [9.17, 15) is 9.59 Å². The summed E-state index contributed by atoms with van der Waals surface area (Å²) in [6, 6.07) is 1.48. The molecule has 2 heterocycles. The second-order valence-electron chi connectivity index (χ2n) is 5.37. The van der Waals surface area contributed by atoms with Gasteiger partial charge in [0.15, 0.2) is 5.82 Å². The molecular weight excluding hydrogens is 286 g/mol. The van der Waals surface area contributed by atoms with Gasteiger partial charge in [-0.1, -0.05) is 12.1 Å². The fourth-order valence-electron chi connectivity index (χ4n) is 2.25. The van der Waals surface area contributed by atoms with Crippen LogP contribution in [0.5, 0.6) is 0 Å². The molecule has 0 atom stereocenters. The number of hydrogen-bond donors (Lipinski definition) is 2. The first-order valence-electron chi connectivity index (χ1n) is 7.56. The summed E-state index contributed by atoms with van der Waals surface area (Å²) < 4.78 is 4.91. The van der Waals surface area contributed by atoms with Crippen LogP contribution < -0.4 is 10.6 Å². The van der Waals surface area contributed by atoms with Crippen molar-refractivity contribution in [2.45, 2.75) is 20.3 Å². The molecule has 22 heavy (non-hydrogen) atoms. The molecule has 1 aliphatic rings. The molecule has 1 aliphatic heterocycles. The molecule has 0 spiro atoms. The van der Waals surface area contributed by atoms with Crippen LogP contribution in [0.2, 0.25) is 0 Å². The normalized spacial score (nSPS) is 15.6. The number of piperazine rings is 1. The monoisotopic (exact) mass is 309 g/mol. The van der Waals surface area contributed by atoms with E-state index in [0.29, 0.717) is 50.8 Å². The van der Waals surface area contributed by atoms with Crippen molar-refractivity contribution in [2.24, 2.45) is 0 Å². The minimum Gasteiger partial charge on any atom is -0.360 e. The molecule has 2 N–H and O–H groups in total. The molecule has 1 aromatic heterocycles. The maximum atomic E-state index is 12.1. The van der Waals surface area contributed by atoms with Crippen molar-refractivity contribution in [3.8, 4) is 0 Å². The first-order chi connectivity index (χ1) is 10.6. The summed E-state index contributed by atoms with van der Waals surface area (Å²) in [7, 11) is 0. The number of hydrogen-bond acceptors (Lipinski definition) is 5. The van der Waals surface area contributed by atoms with E-state index >= 15 is 0 Å². The van der Waals surface area contributed by atoms with Gasteiger partial charge in [0.25, 0.3) is 0 Å². The number of carbonyl (C=O) groups is 2. The SMILES string of the molecule is CCCNC(=O)CN1CCN(C(=O)Nc2cc(C)on2)CC1. The molecule has 1 saturated heterocycles. The lowest BCUT2D eigenvalue weighted by atomic mass is 10.3. The molecule has 1 aromatic rings. The number of urea groups is 1. The van der Waals surface area contributed by atoms with Crippen molar-refractivity contribution >= 4 is 17.8 Å². The van der Waals surface area contributed by atoms with Gasteiger partial charge in [0.2, 0.25) is 5.91 Å². The molecule has 3 amide bonds. The number of aryl methyl sites for hydroxylation is 1. The summed E-state index contributed by atoms with van der Waals surface area (Å²) in [5, 5.41) is 9.29. The Hall–Kier alpha value is -2.09. The van der Waals surface area contributed by atoms with E-state index < -0.39 is 0 Å². The lowest BCUT2D eigenvalue weighted by Crippen LogP contribution is -2.52. The van der Waals surface area contributed by atoms with E-state index in [1.54, 1.807) is 17.9 Å². The standard InChI is InChI=1S/C14H23N5O3/c1-3-4-15-13(20)10-18-5-7-19(8-6-18)14(21)16-12-9-11(2)22-17-12/h9H,3-8,10H2,1-2H3,(H,15,20)(H,16,17,21). The summed E-state index contributed by atoms with van der Waals surface area (Å²) in [6.45, 7) is 7.43. The molecular formula is C14H23N5O3. The van der Waals surface area contributed by atoms with E-state index in [2.05, 4.69) is 20.7 Å².